The smallest absolute Gasteiger partial charge is 0.140 e. The van der Waals surface area contributed by atoms with Crippen LogP contribution in [0.1, 0.15) is 38.9 Å². The Balaban J connectivity index is 1.78. The number of aromatic nitrogens is 3. The zero-order valence-electron chi connectivity index (χ0n) is 12.0. The minimum atomic E-state index is 0.329. The normalized spacial score (nSPS) is 23.4. The second-order valence-corrected chi connectivity index (χ2v) is 6.02. The largest absolute Gasteiger partial charge is 0.396 e. The van der Waals surface area contributed by atoms with Gasteiger partial charge in [-0.3, -0.25) is 0 Å². The van der Waals surface area contributed by atoms with Crippen molar-refractivity contribution in [1.82, 2.24) is 20.1 Å². The highest BCUT2D eigenvalue weighted by Gasteiger charge is 2.26. The SMILES string of the molecule is CC(C)Cn1ncnc1CNCC1CCCC1CO. The van der Waals surface area contributed by atoms with Crippen LogP contribution in [0.5, 0.6) is 0 Å². The lowest BCUT2D eigenvalue weighted by atomic mass is 9.97. The van der Waals surface area contributed by atoms with Crippen molar-refractivity contribution in [3.8, 4) is 0 Å². The molecule has 0 bridgehead atoms. The van der Waals surface area contributed by atoms with E-state index in [1.807, 2.05) is 4.68 Å². The summed E-state index contributed by atoms with van der Waals surface area (Å²) in [6.07, 6.45) is 5.29. The van der Waals surface area contributed by atoms with Crippen LogP contribution in [-0.4, -0.2) is 33.0 Å². The number of aliphatic hydroxyl groups excluding tert-OH is 1. The summed E-state index contributed by atoms with van der Waals surface area (Å²) in [6.45, 7) is 7.35. The van der Waals surface area contributed by atoms with Crippen LogP contribution in [-0.2, 0) is 13.1 Å². The van der Waals surface area contributed by atoms with Crippen LogP contribution in [0.15, 0.2) is 6.33 Å². The van der Waals surface area contributed by atoms with E-state index >= 15 is 0 Å². The van der Waals surface area contributed by atoms with E-state index in [1.54, 1.807) is 6.33 Å². The highest BCUT2D eigenvalue weighted by Crippen LogP contribution is 2.30. The van der Waals surface area contributed by atoms with Gasteiger partial charge in [-0.15, -0.1) is 0 Å². The van der Waals surface area contributed by atoms with E-state index in [2.05, 4.69) is 29.2 Å². The van der Waals surface area contributed by atoms with Crippen molar-refractivity contribution >= 4 is 0 Å². The zero-order valence-corrected chi connectivity index (χ0v) is 12.0. The molecule has 1 aliphatic carbocycles. The number of nitrogens with one attached hydrogen (secondary N) is 1. The molecule has 5 heteroatoms. The van der Waals surface area contributed by atoms with Crippen LogP contribution in [0.25, 0.3) is 0 Å². The number of hydrogen-bond donors (Lipinski definition) is 2. The van der Waals surface area contributed by atoms with E-state index in [4.69, 9.17) is 0 Å². The molecule has 19 heavy (non-hydrogen) atoms. The topological polar surface area (TPSA) is 63.0 Å². The summed E-state index contributed by atoms with van der Waals surface area (Å²) in [4.78, 5) is 4.31. The highest BCUT2D eigenvalue weighted by atomic mass is 16.3. The van der Waals surface area contributed by atoms with Gasteiger partial charge in [0, 0.05) is 13.2 Å². The molecule has 1 saturated carbocycles. The Labute approximate surface area is 115 Å². The fourth-order valence-corrected chi connectivity index (χ4v) is 2.92. The van der Waals surface area contributed by atoms with Gasteiger partial charge in [0.1, 0.15) is 12.2 Å². The lowest BCUT2D eigenvalue weighted by Crippen LogP contribution is -2.27. The van der Waals surface area contributed by atoms with Crippen LogP contribution in [0.2, 0.25) is 0 Å². The Morgan fingerprint density at radius 3 is 2.95 bits per heavy atom. The molecule has 2 rings (SSSR count). The molecule has 2 atom stereocenters. The maximum absolute atomic E-state index is 9.31. The van der Waals surface area contributed by atoms with E-state index in [0.29, 0.717) is 24.4 Å². The Morgan fingerprint density at radius 1 is 1.42 bits per heavy atom. The van der Waals surface area contributed by atoms with Gasteiger partial charge in [0.15, 0.2) is 0 Å². The summed E-state index contributed by atoms with van der Waals surface area (Å²) >= 11 is 0. The van der Waals surface area contributed by atoms with Gasteiger partial charge in [0.05, 0.1) is 6.54 Å². The molecule has 2 unspecified atom stereocenters. The summed E-state index contributed by atoms with van der Waals surface area (Å²) in [5, 5.41) is 17.0. The molecule has 0 spiro atoms. The van der Waals surface area contributed by atoms with Gasteiger partial charge in [-0.1, -0.05) is 20.3 Å². The first-order valence-corrected chi connectivity index (χ1v) is 7.39. The molecular formula is C14H26N4O. The quantitative estimate of drug-likeness (QED) is 0.784. The molecule has 1 aromatic rings. The minimum Gasteiger partial charge on any atom is -0.396 e. The predicted octanol–water partition coefficient (Wildman–Crippen LogP) is 1.43. The maximum atomic E-state index is 9.31. The summed E-state index contributed by atoms with van der Waals surface area (Å²) < 4.78 is 1.98. The molecule has 1 aromatic heterocycles. The van der Waals surface area contributed by atoms with E-state index in [1.165, 1.54) is 19.3 Å². The predicted molar refractivity (Wildman–Crippen MR) is 74.5 cm³/mol. The lowest BCUT2D eigenvalue weighted by molar-refractivity contribution is 0.192. The number of aliphatic hydroxyl groups is 1. The van der Waals surface area contributed by atoms with Gasteiger partial charge in [0.25, 0.3) is 0 Å². The molecular weight excluding hydrogens is 240 g/mol. The highest BCUT2D eigenvalue weighted by molar-refractivity contribution is 4.85. The minimum absolute atomic E-state index is 0.329. The summed E-state index contributed by atoms with van der Waals surface area (Å²) in [5.74, 6) is 2.69. The second-order valence-electron chi connectivity index (χ2n) is 6.02. The van der Waals surface area contributed by atoms with Crippen molar-refractivity contribution in [2.45, 2.75) is 46.2 Å². The van der Waals surface area contributed by atoms with Gasteiger partial charge < -0.3 is 10.4 Å². The van der Waals surface area contributed by atoms with Gasteiger partial charge in [-0.25, -0.2) is 9.67 Å². The average Bonchev–Trinajstić information content (AvgIpc) is 2.98. The maximum Gasteiger partial charge on any atom is 0.140 e. The third kappa shape index (κ3) is 4.01. The molecule has 1 aliphatic rings. The fourth-order valence-electron chi connectivity index (χ4n) is 2.92. The first kappa shape index (κ1) is 14.5. The van der Waals surface area contributed by atoms with Crippen LogP contribution < -0.4 is 5.32 Å². The van der Waals surface area contributed by atoms with Crippen LogP contribution in [0.3, 0.4) is 0 Å². The lowest BCUT2D eigenvalue weighted by Gasteiger charge is -2.17. The average molecular weight is 266 g/mol. The van der Waals surface area contributed by atoms with Crippen molar-refractivity contribution in [3.63, 3.8) is 0 Å². The van der Waals surface area contributed by atoms with Crippen molar-refractivity contribution < 1.29 is 5.11 Å². The molecule has 0 saturated heterocycles. The van der Waals surface area contributed by atoms with E-state index in [0.717, 1.165) is 25.5 Å². The molecule has 0 radical (unpaired) electrons. The van der Waals surface area contributed by atoms with Crippen LogP contribution in [0.4, 0.5) is 0 Å². The van der Waals surface area contributed by atoms with Crippen molar-refractivity contribution in [2.24, 2.45) is 17.8 Å². The third-order valence-corrected chi connectivity index (χ3v) is 3.97. The van der Waals surface area contributed by atoms with Crippen molar-refractivity contribution in [1.29, 1.82) is 0 Å². The molecule has 5 nitrogen and oxygen atoms in total. The third-order valence-electron chi connectivity index (χ3n) is 3.97. The van der Waals surface area contributed by atoms with E-state index in [-0.39, 0.29) is 0 Å². The number of rotatable bonds is 7. The number of hydrogen-bond acceptors (Lipinski definition) is 4. The van der Waals surface area contributed by atoms with Crippen molar-refractivity contribution in [2.75, 3.05) is 13.2 Å². The second kappa shape index (κ2) is 7.01. The summed E-state index contributed by atoms with van der Waals surface area (Å²) in [6, 6.07) is 0. The van der Waals surface area contributed by atoms with Gasteiger partial charge in [0.2, 0.25) is 0 Å². The Morgan fingerprint density at radius 2 is 2.21 bits per heavy atom. The van der Waals surface area contributed by atoms with Gasteiger partial charge >= 0.3 is 0 Å². The Hall–Kier alpha value is -0.940. The molecule has 1 heterocycles. The zero-order chi connectivity index (χ0) is 13.7. The van der Waals surface area contributed by atoms with E-state index < -0.39 is 0 Å². The standard InChI is InChI=1S/C14H26N4O/c1-11(2)8-18-14(16-10-17-18)7-15-6-12-4-3-5-13(12)9-19/h10-13,15,19H,3-9H2,1-2H3. The van der Waals surface area contributed by atoms with Crippen LogP contribution >= 0.6 is 0 Å². The number of nitrogens with zero attached hydrogens (tertiary/aromatic N) is 3. The first-order chi connectivity index (χ1) is 9.20. The van der Waals surface area contributed by atoms with Crippen LogP contribution in [0, 0.1) is 17.8 Å². The Bertz CT molecular complexity index is 377. The molecule has 2 N–H and O–H groups in total. The molecule has 0 aliphatic heterocycles. The van der Waals surface area contributed by atoms with Crippen molar-refractivity contribution in [3.05, 3.63) is 12.2 Å². The Kier molecular flexibility index (Phi) is 5.34. The summed E-state index contributed by atoms with van der Waals surface area (Å²) in [5.41, 5.74) is 0. The molecule has 108 valence electrons. The molecule has 1 fully saturated rings. The fraction of sp³-hybridized carbons (Fsp3) is 0.857. The van der Waals surface area contributed by atoms with Gasteiger partial charge in [-0.05, 0) is 37.1 Å². The molecule has 0 aromatic carbocycles. The van der Waals surface area contributed by atoms with Gasteiger partial charge in [-0.2, -0.15) is 5.10 Å². The van der Waals surface area contributed by atoms with E-state index in [9.17, 15) is 5.11 Å². The monoisotopic (exact) mass is 266 g/mol. The first-order valence-electron chi connectivity index (χ1n) is 7.39. The molecule has 0 amide bonds. The summed E-state index contributed by atoms with van der Waals surface area (Å²) in [7, 11) is 0.